The molecule has 0 spiro atoms. The first-order chi connectivity index (χ1) is 13.2. The third-order valence-electron chi connectivity index (χ3n) is 5.22. The van der Waals surface area contributed by atoms with Crippen LogP contribution in [0.1, 0.15) is 52.9 Å². The number of aliphatic imine (C=N–C) groups is 1. The van der Waals surface area contributed by atoms with Crippen LogP contribution in [-0.2, 0) is 14.3 Å². The van der Waals surface area contributed by atoms with E-state index >= 15 is 0 Å². The largest absolute Gasteiger partial charge is 0.469 e. The molecule has 0 aromatic heterocycles. The Balaban J connectivity index is 2.57. The monoisotopic (exact) mass is 384 g/mol. The first-order valence-corrected chi connectivity index (χ1v) is 10.6. The summed E-state index contributed by atoms with van der Waals surface area (Å²) in [5.41, 5.74) is 0. The summed E-state index contributed by atoms with van der Waals surface area (Å²) in [6.45, 7) is 12.7. The van der Waals surface area contributed by atoms with Gasteiger partial charge in [-0.05, 0) is 25.7 Å². The molecular formula is C20H40N4O3. The zero-order valence-corrected chi connectivity index (χ0v) is 17.8. The maximum absolute atomic E-state index is 11.2. The van der Waals surface area contributed by atoms with Crippen LogP contribution in [-0.4, -0.2) is 75.9 Å². The summed E-state index contributed by atoms with van der Waals surface area (Å²) >= 11 is 0. The first-order valence-electron chi connectivity index (χ1n) is 10.6. The van der Waals surface area contributed by atoms with Gasteiger partial charge in [0.1, 0.15) is 0 Å². The summed E-state index contributed by atoms with van der Waals surface area (Å²) in [5.74, 6) is 1.36. The Hall–Kier alpha value is -1.34. The number of nitrogens with one attached hydrogen (secondary N) is 2. The zero-order valence-electron chi connectivity index (χ0n) is 17.8. The lowest BCUT2D eigenvalue weighted by Gasteiger charge is -2.38. The number of carbonyl (C=O) groups is 1. The van der Waals surface area contributed by atoms with Gasteiger partial charge in [-0.2, -0.15) is 0 Å². The third kappa shape index (κ3) is 9.42. The molecule has 2 N–H and O–H groups in total. The zero-order chi connectivity index (χ0) is 19.9. The van der Waals surface area contributed by atoms with Gasteiger partial charge in [0.15, 0.2) is 5.96 Å². The van der Waals surface area contributed by atoms with Crippen LogP contribution >= 0.6 is 0 Å². The lowest BCUT2D eigenvalue weighted by atomic mass is 9.92. The van der Waals surface area contributed by atoms with Crippen molar-refractivity contribution in [2.45, 2.75) is 58.9 Å². The Bertz CT molecular complexity index is 421. The number of morpholine rings is 1. The van der Waals surface area contributed by atoms with Gasteiger partial charge in [-0.15, -0.1) is 0 Å². The number of carbonyl (C=O) groups excluding carboxylic acids is 1. The van der Waals surface area contributed by atoms with Crippen LogP contribution in [0.3, 0.4) is 0 Å². The SMILES string of the molecule is CCNC(=NCC(C(CC)CC)N1CCOCC1)NCCCCC(=O)OC. The summed E-state index contributed by atoms with van der Waals surface area (Å²) in [6.07, 6.45) is 4.55. The summed E-state index contributed by atoms with van der Waals surface area (Å²) in [7, 11) is 1.43. The molecule has 0 aromatic rings. The maximum atomic E-state index is 11.2. The Labute approximate surface area is 165 Å². The number of nitrogens with zero attached hydrogens (tertiary/aromatic N) is 2. The standard InChI is InChI=1S/C20H40N4O3/c1-5-17(6-2)18(24-12-14-27-15-13-24)16-23-20(21-7-3)22-11-9-8-10-19(25)26-4/h17-18H,5-16H2,1-4H3,(H2,21,22,23). The summed E-state index contributed by atoms with van der Waals surface area (Å²) < 4.78 is 10.2. The van der Waals surface area contributed by atoms with Gasteiger partial charge in [-0.1, -0.05) is 26.7 Å². The molecule has 1 rings (SSSR count). The van der Waals surface area contributed by atoms with E-state index in [1.54, 1.807) is 0 Å². The Morgan fingerprint density at radius 3 is 2.44 bits per heavy atom. The van der Waals surface area contributed by atoms with Crippen LogP contribution in [0.25, 0.3) is 0 Å². The highest BCUT2D eigenvalue weighted by atomic mass is 16.5. The van der Waals surface area contributed by atoms with Gasteiger partial charge in [-0.3, -0.25) is 14.7 Å². The van der Waals surface area contributed by atoms with E-state index in [4.69, 9.17) is 9.73 Å². The van der Waals surface area contributed by atoms with Crippen molar-refractivity contribution >= 4 is 11.9 Å². The van der Waals surface area contributed by atoms with Crippen molar-refractivity contribution in [2.24, 2.45) is 10.9 Å². The second-order valence-electron chi connectivity index (χ2n) is 6.97. The molecule has 0 aliphatic carbocycles. The quantitative estimate of drug-likeness (QED) is 0.232. The fraction of sp³-hybridized carbons (Fsp3) is 0.900. The minimum Gasteiger partial charge on any atom is -0.469 e. The molecule has 1 aliphatic heterocycles. The van der Waals surface area contributed by atoms with Gasteiger partial charge in [0, 0.05) is 38.6 Å². The summed E-state index contributed by atoms with van der Waals surface area (Å²) in [6, 6.07) is 0.457. The normalized spacial score (nSPS) is 17.0. The molecule has 7 heteroatoms. The molecule has 158 valence electrons. The first kappa shape index (κ1) is 23.7. The van der Waals surface area contributed by atoms with Gasteiger partial charge in [-0.25, -0.2) is 0 Å². The van der Waals surface area contributed by atoms with Crippen molar-refractivity contribution in [1.29, 1.82) is 0 Å². The Kier molecular flexibility index (Phi) is 12.9. The third-order valence-corrected chi connectivity index (χ3v) is 5.22. The van der Waals surface area contributed by atoms with Crippen LogP contribution in [0.4, 0.5) is 0 Å². The van der Waals surface area contributed by atoms with Crippen molar-refractivity contribution in [1.82, 2.24) is 15.5 Å². The number of rotatable bonds is 12. The second kappa shape index (κ2) is 14.7. The van der Waals surface area contributed by atoms with Gasteiger partial charge in [0.2, 0.25) is 0 Å². The van der Waals surface area contributed by atoms with E-state index in [0.717, 1.165) is 64.7 Å². The van der Waals surface area contributed by atoms with E-state index in [1.807, 2.05) is 0 Å². The van der Waals surface area contributed by atoms with Gasteiger partial charge >= 0.3 is 5.97 Å². The molecule has 1 heterocycles. The molecular weight excluding hydrogens is 344 g/mol. The molecule has 1 saturated heterocycles. The average Bonchev–Trinajstić information content (AvgIpc) is 2.71. The highest BCUT2D eigenvalue weighted by Crippen LogP contribution is 2.20. The van der Waals surface area contributed by atoms with Gasteiger partial charge < -0.3 is 20.1 Å². The fourth-order valence-corrected chi connectivity index (χ4v) is 3.53. The van der Waals surface area contributed by atoms with Crippen molar-refractivity contribution in [3.63, 3.8) is 0 Å². The van der Waals surface area contributed by atoms with E-state index in [2.05, 4.69) is 41.0 Å². The predicted octanol–water partition coefficient (Wildman–Crippen LogP) is 2.02. The molecule has 0 saturated carbocycles. The maximum Gasteiger partial charge on any atom is 0.305 e. The molecule has 0 bridgehead atoms. The second-order valence-corrected chi connectivity index (χ2v) is 6.97. The summed E-state index contributed by atoms with van der Waals surface area (Å²) in [5, 5.41) is 6.72. The highest BCUT2D eigenvalue weighted by Gasteiger charge is 2.26. The van der Waals surface area contributed by atoms with E-state index < -0.39 is 0 Å². The molecule has 1 unspecified atom stereocenters. The van der Waals surface area contributed by atoms with E-state index in [1.165, 1.54) is 20.0 Å². The van der Waals surface area contributed by atoms with Crippen molar-refractivity contribution in [2.75, 3.05) is 53.0 Å². The van der Waals surface area contributed by atoms with Crippen LogP contribution in [0, 0.1) is 5.92 Å². The number of methoxy groups -OCH3 is 1. The molecule has 1 aliphatic rings. The fourth-order valence-electron chi connectivity index (χ4n) is 3.53. The van der Waals surface area contributed by atoms with E-state index in [-0.39, 0.29) is 5.97 Å². The van der Waals surface area contributed by atoms with Gasteiger partial charge in [0.25, 0.3) is 0 Å². The number of hydrogen-bond donors (Lipinski definition) is 2. The molecule has 1 atom stereocenters. The number of esters is 1. The highest BCUT2D eigenvalue weighted by molar-refractivity contribution is 5.79. The number of hydrogen-bond acceptors (Lipinski definition) is 5. The topological polar surface area (TPSA) is 75.2 Å². The average molecular weight is 385 g/mol. The minimum atomic E-state index is -0.144. The van der Waals surface area contributed by atoms with E-state index in [0.29, 0.717) is 18.4 Å². The van der Waals surface area contributed by atoms with Crippen molar-refractivity contribution in [3.05, 3.63) is 0 Å². The molecule has 0 aromatic carbocycles. The Morgan fingerprint density at radius 2 is 1.85 bits per heavy atom. The minimum absolute atomic E-state index is 0.144. The molecule has 1 fully saturated rings. The van der Waals surface area contributed by atoms with E-state index in [9.17, 15) is 4.79 Å². The van der Waals surface area contributed by atoms with Crippen LogP contribution in [0.15, 0.2) is 4.99 Å². The Morgan fingerprint density at radius 1 is 1.15 bits per heavy atom. The number of unbranched alkanes of at least 4 members (excludes halogenated alkanes) is 1. The predicted molar refractivity (Wildman–Crippen MR) is 110 cm³/mol. The lowest BCUT2D eigenvalue weighted by molar-refractivity contribution is -0.140. The molecule has 0 amide bonds. The molecule has 27 heavy (non-hydrogen) atoms. The number of ether oxygens (including phenoxy) is 2. The smallest absolute Gasteiger partial charge is 0.305 e. The van der Waals surface area contributed by atoms with Crippen LogP contribution < -0.4 is 10.6 Å². The number of guanidine groups is 1. The van der Waals surface area contributed by atoms with Crippen molar-refractivity contribution < 1.29 is 14.3 Å². The van der Waals surface area contributed by atoms with Gasteiger partial charge in [0.05, 0.1) is 26.9 Å². The van der Waals surface area contributed by atoms with Crippen LogP contribution in [0.5, 0.6) is 0 Å². The van der Waals surface area contributed by atoms with Crippen LogP contribution in [0.2, 0.25) is 0 Å². The molecule has 0 radical (unpaired) electrons. The van der Waals surface area contributed by atoms with Crippen molar-refractivity contribution in [3.8, 4) is 0 Å². The molecule has 7 nitrogen and oxygen atoms in total. The summed E-state index contributed by atoms with van der Waals surface area (Å²) in [4.78, 5) is 18.6. The lowest BCUT2D eigenvalue weighted by Crippen LogP contribution is -2.49.